The minimum atomic E-state index is -0.487. The number of ether oxygens (including phenoxy) is 1. The molecule has 1 amide bonds. The van der Waals surface area contributed by atoms with Crippen LogP contribution in [0.15, 0.2) is 28.2 Å². The summed E-state index contributed by atoms with van der Waals surface area (Å²) in [6, 6.07) is 4.82. The van der Waals surface area contributed by atoms with E-state index in [1.807, 2.05) is 20.8 Å². The first-order valence-electron chi connectivity index (χ1n) is 10.7. The number of methoxy groups -OCH3 is 1. The van der Waals surface area contributed by atoms with Gasteiger partial charge in [-0.3, -0.25) is 14.2 Å². The van der Waals surface area contributed by atoms with Crippen LogP contribution in [-0.4, -0.2) is 40.3 Å². The molecule has 2 aromatic rings. The van der Waals surface area contributed by atoms with Gasteiger partial charge < -0.3 is 10.1 Å². The van der Waals surface area contributed by atoms with E-state index in [-0.39, 0.29) is 29.2 Å². The largest absolute Gasteiger partial charge is 0.465 e. The Morgan fingerprint density at radius 1 is 1.13 bits per heavy atom. The van der Waals surface area contributed by atoms with Gasteiger partial charge in [0, 0.05) is 12.6 Å². The average molecular weight is 448 g/mol. The SMILES string of the molecule is COC(=O)c1ccc2c(=O)n(CC(C)C)c(SCC(=O)N[C@@H](C)CCC(C)C)nc2c1. The van der Waals surface area contributed by atoms with Crippen molar-refractivity contribution in [2.24, 2.45) is 11.8 Å². The maximum atomic E-state index is 13.1. The number of amides is 1. The summed E-state index contributed by atoms with van der Waals surface area (Å²) in [6.45, 7) is 10.9. The van der Waals surface area contributed by atoms with Crippen molar-refractivity contribution < 1.29 is 14.3 Å². The van der Waals surface area contributed by atoms with E-state index in [1.165, 1.54) is 18.9 Å². The monoisotopic (exact) mass is 447 g/mol. The molecule has 1 heterocycles. The lowest BCUT2D eigenvalue weighted by Crippen LogP contribution is -2.34. The Morgan fingerprint density at radius 2 is 1.84 bits per heavy atom. The van der Waals surface area contributed by atoms with Gasteiger partial charge >= 0.3 is 5.97 Å². The normalized spacial score (nSPS) is 12.4. The molecule has 1 atom stereocenters. The molecule has 8 heteroatoms. The third-order valence-electron chi connectivity index (χ3n) is 4.81. The maximum absolute atomic E-state index is 13.1. The summed E-state index contributed by atoms with van der Waals surface area (Å²) in [7, 11) is 1.31. The maximum Gasteiger partial charge on any atom is 0.337 e. The molecular formula is C23H33N3O4S. The molecule has 1 N–H and O–H groups in total. The van der Waals surface area contributed by atoms with Gasteiger partial charge in [-0.05, 0) is 49.8 Å². The number of nitrogens with one attached hydrogen (secondary N) is 1. The van der Waals surface area contributed by atoms with Gasteiger partial charge in [0.1, 0.15) is 0 Å². The van der Waals surface area contributed by atoms with Crippen molar-refractivity contribution in [3.05, 3.63) is 34.1 Å². The van der Waals surface area contributed by atoms with Crippen LogP contribution in [0.5, 0.6) is 0 Å². The number of thioether (sulfide) groups is 1. The summed E-state index contributed by atoms with van der Waals surface area (Å²) >= 11 is 1.24. The van der Waals surface area contributed by atoms with Gasteiger partial charge in [0.05, 0.1) is 29.3 Å². The van der Waals surface area contributed by atoms with E-state index >= 15 is 0 Å². The number of nitrogens with zero attached hydrogens (tertiary/aromatic N) is 2. The van der Waals surface area contributed by atoms with E-state index in [2.05, 4.69) is 24.1 Å². The number of benzene rings is 1. The Balaban J connectivity index is 2.27. The number of esters is 1. The van der Waals surface area contributed by atoms with Crippen molar-refractivity contribution in [1.29, 1.82) is 0 Å². The molecule has 0 saturated carbocycles. The molecular weight excluding hydrogens is 414 g/mol. The number of carbonyl (C=O) groups excluding carboxylic acids is 2. The molecule has 0 spiro atoms. The zero-order valence-corrected chi connectivity index (χ0v) is 20.0. The summed E-state index contributed by atoms with van der Waals surface area (Å²) in [5.41, 5.74) is 0.570. The van der Waals surface area contributed by atoms with Crippen molar-refractivity contribution in [2.75, 3.05) is 12.9 Å². The second kappa shape index (κ2) is 11.3. The molecule has 0 aliphatic heterocycles. The molecule has 31 heavy (non-hydrogen) atoms. The standard InChI is InChI=1S/C23H33N3O4S/c1-14(2)7-8-16(5)24-20(27)13-31-23-25-19-11-17(22(29)30-6)9-10-18(19)21(28)26(23)12-15(3)4/h9-11,14-16H,7-8,12-13H2,1-6H3,(H,24,27)/t16-/m0/s1. The molecule has 0 radical (unpaired) electrons. The molecule has 2 rings (SSSR count). The van der Waals surface area contributed by atoms with Crippen LogP contribution in [-0.2, 0) is 16.1 Å². The summed E-state index contributed by atoms with van der Waals surface area (Å²) in [6.07, 6.45) is 1.98. The quantitative estimate of drug-likeness (QED) is 0.338. The lowest BCUT2D eigenvalue weighted by molar-refractivity contribution is -0.119. The van der Waals surface area contributed by atoms with Crippen LogP contribution >= 0.6 is 11.8 Å². The summed E-state index contributed by atoms with van der Waals surface area (Å²) in [5, 5.41) is 3.92. The van der Waals surface area contributed by atoms with E-state index in [0.29, 0.717) is 34.1 Å². The number of aromatic nitrogens is 2. The predicted molar refractivity (Wildman–Crippen MR) is 125 cm³/mol. The second-order valence-corrected chi connectivity index (χ2v) is 9.60. The van der Waals surface area contributed by atoms with Gasteiger partial charge in [-0.15, -0.1) is 0 Å². The molecule has 0 aliphatic carbocycles. The zero-order chi connectivity index (χ0) is 23.1. The first-order valence-corrected chi connectivity index (χ1v) is 11.7. The fourth-order valence-electron chi connectivity index (χ4n) is 3.18. The highest BCUT2D eigenvalue weighted by Crippen LogP contribution is 2.20. The number of carbonyl (C=O) groups is 2. The van der Waals surface area contributed by atoms with Crippen molar-refractivity contribution in [2.45, 2.75) is 65.2 Å². The van der Waals surface area contributed by atoms with Crippen LogP contribution in [0, 0.1) is 11.8 Å². The van der Waals surface area contributed by atoms with E-state index in [4.69, 9.17) is 4.74 Å². The molecule has 1 aromatic carbocycles. The highest BCUT2D eigenvalue weighted by molar-refractivity contribution is 7.99. The Kier molecular flexibility index (Phi) is 9.10. The van der Waals surface area contributed by atoms with Crippen LogP contribution in [0.25, 0.3) is 10.9 Å². The summed E-state index contributed by atoms with van der Waals surface area (Å²) < 4.78 is 6.38. The third-order valence-corrected chi connectivity index (χ3v) is 5.78. The molecule has 0 bridgehead atoms. The predicted octanol–water partition coefficient (Wildman–Crippen LogP) is 3.87. The average Bonchev–Trinajstić information content (AvgIpc) is 2.71. The fraction of sp³-hybridized carbons (Fsp3) is 0.565. The minimum absolute atomic E-state index is 0.0880. The van der Waals surface area contributed by atoms with E-state index in [1.54, 1.807) is 22.8 Å². The van der Waals surface area contributed by atoms with E-state index in [9.17, 15) is 14.4 Å². The first-order chi connectivity index (χ1) is 14.6. The smallest absolute Gasteiger partial charge is 0.337 e. The van der Waals surface area contributed by atoms with Gasteiger partial charge in [0.25, 0.3) is 5.56 Å². The minimum Gasteiger partial charge on any atom is -0.465 e. The highest BCUT2D eigenvalue weighted by atomic mass is 32.2. The highest BCUT2D eigenvalue weighted by Gasteiger charge is 2.17. The number of hydrogen-bond acceptors (Lipinski definition) is 6. The first kappa shape index (κ1) is 24.9. The molecule has 0 fully saturated rings. The molecule has 1 aromatic heterocycles. The van der Waals surface area contributed by atoms with Crippen LogP contribution in [0.4, 0.5) is 0 Å². The van der Waals surface area contributed by atoms with Crippen molar-refractivity contribution in [1.82, 2.24) is 14.9 Å². The molecule has 170 valence electrons. The Morgan fingerprint density at radius 3 is 2.45 bits per heavy atom. The Hall–Kier alpha value is -2.35. The van der Waals surface area contributed by atoms with Crippen LogP contribution < -0.4 is 10.9 Å². The number of hydrogen-bond donors (Lipinski definition) is 1. The van der Waals surface area contributed by atoms with E-state index in [0.717, 1.165) is 12.8 Å². The lowest BCUT2D eigenvalue weighted by Gasteiger charge is -2.17. The van der Waals surface area contributed by atoms with Gasteiger partial charge in [-0.25, -0.2) is 9.78 Å². The van der Waals surface area contributed by atoms with Crippen LogP contribution in [0.3, 0.4) is 0 Å². The Bertz CT molecular complexity index is 985. The summed E-state index contributed by atoms with van der Waals surface area (Å²) in [4.78, 5) is 42.0. The number of rotatable bonds is 10. The van der Waals surface area contributed by atoms with Gasteiger partial charge in [-0.1, -0.05) is 39.5 Å². The molecule has 0 aliphatic rings. The van der Waals surface area contributed by atoms with Gasteiger partial charge in [0.15, 0.2) is 5.16 Å². The van der Waals surface area contributed by atoms with Crippen molar-refractivity contribution in [3.63, 3.8) is 0 Å². The molecule has 0 unspecified atom stereocenters. The third kappa shape index (κ3) is 7.09. The molecule has 7 nitrogen and oxygen atoms in total. The van der Waals surface area contributed by atoms with Crippen LogP contribution in [0.2, 0.25) is 0 Å². The molecule has 0 saturated heterocycles. The van der Waals surface area contributed by atoms with Crippen molar-refractivity contribution >= 4 is 34.5 Å². The summed E-state index contributed by atoms with van der Waals surface area (Å²) in [5.74, 6) is 0.416. The topological polar surface area (TPSA) is 90.3 Å². The Labute approximate surface area is 188 Å². The van der Waals surface area contributed by atoms with E-state index < -0.39 is 5.97 Å². The zero-order valence-electron chi connectivity index (χ0n) is 19.2. The van der Waals surface area contributed by atoms with Crippen LogP contribution in [0.1, 0.15) is 57.8 Å². The van der Waals surface area contributed by atoms with Gasteiger partial charge in [0.2, 0.25) is 5.91 Å². The second-order valence-electron chi connectivity index (χ2n) is 8.66. The number of fused-ring (bicyclic) bond motifs is 1. The lowest BCUT2D eigenvalue weighted by atomic mass is 10.0. The van der Waals surface area contributed by atoms with Crippen molar-refractivity contribution in [3.8, 4) is 0 Å². The fourth-order valence-corrected chi connectivity index (χ4v) is 4.00. The van der Waals surface area contributed by atoms with Gasteiger partial charge in [-0.2, -0.15) is 0 Å².